The highest BCUT2D eigenvalue weighted by atomic mass is 32.1. The lowest BCUT2D eigenvalue weighted by Crippen LogP contribution is -2.58. The fraction of sp³-hybridized carbons (Fsp3) is 0.155. The Morgan fingerprint density at radius 1 is 0.507 bits per heavy atom. The molecule has 12 aromatic rings. The summed E-state index contributed by atoms with van der Waals surface area (Å²) in [5.41, 5.74) is 23.5. The summed E-state index contributed by atoms with van der Waals surface area (Å²) < 4.78 is 4.14. The fourth-order valence-corrected chi connectivity index (χ4v) is 15.4. The molecule has 0 bridgehead atoms. The normalized spacial score (nSPS) is 15.7. The maximum atomic E-state index is 2.83. The van der Waals surface area contributed by atoms with Crippen molar-refractivity contribution in [2.75, 3.05) is 4.90 Å². The van der Waals surface area contributed by atoms with Crippen molar-refractivity contribution >= 4 is 88.2 Å². The maximum Gasteiger partial charge on any atom is 0.330 e. The van der Waals surface area contributed by atoms with Gasteiger partial charge in [0.1, 0.15) is 0 Å². The van der Waals surface area contributed by atoms with Crippen LogP contribution >= 0.6 is 11.3 Å². The van der Waals surface area contributed by atoms with E-state index in [4.69, 9.17) is 0 Å². The molecule has 2 aliphatic heterocycles. The van der Waals surface area contributed by atoms with Gasteiger partial charge in [0.25, 0.3) is 0 Å². The Kier molecular flexibility index (Phi) is 9.39. The van der Waals surface area contributed by atoms with Crippen LogP contribution < -0.4 is 15.8 Å². The van der Waals surface area contributed by atoms with Crippen molar-refractivity contribution in [3.05, 3.63) is 257 Å². The van der Waals surface area contributed by atoms with E-state index >= 15 is 0 Å². The van der Waals surface area contributed by atoms with Gasteiger partial charge >= 0.3 is 6.85 Å². The van der Waals surface area contributed by atoms with Crippen molar-refractivity contribution in [2.45, 2.75) is 70.6 Å². The lowest BCUT2D eigenvalue weighted by molar-refractivity contribution is 0.520. The molecule has 0 spiro atoms. The molecule has 1 aliphatic carbocycles. The predicted octanol–water partition coefficient (Wildman–Crippen LogP) is 17.7. The smallest absolute Gasteiger partial charge is 0.330 e. The van der Waals surface area contributed by atoms with Crippen LogP contribution in [-0.4, -0.2) is 11.3 Å². The molecule has 0 N–H and O–H groups in total. The highest BCUT2D eigenvalue weighted by Crippen LogP contribution is 2.56. The van der Waals surface area contributed by atoms with Crippen LogP contribution in [0.2, 0.25) is 0 Å². The molecule has 3 aliphatic rings. The average molecular weight is 981 g/mol. The summed E-state index contributed by atoms with van der Waals surface area (Å²) in [6.07, 6.45) is 0. The lowest BCUT2D eigenvalue weighted by Gasteiger charge is -2.46. The third-order valence-electron chi connectivity index (χ3n) is 17.7. The van der Waals surface area contributed by atoms with Gasteiger partial charge in [-0.2, -0.15) is 0 Å². The van der Waals surface area contributed by atoms with Crippen LogP contribution in [0.1, 0.15) is 98.9 Å². The van der Waals surface area contributed by atoms with Crippen molar-refractivity contribution in [3.63, 3.8) is 0 Å². The number of rotatable bonds is 5. The van der Waals surface area contributed by atoms with Crippen LogP contribution in [0.4, 0.5) is 17.1 Å². The molecule has 15 rings (SSSR count). The number of para-hydroxylation sites is 2. The Hall–Kier alpha value is -7.92. The zero-order valence-electron chi connectivity index (χ0n) is 43.7. The van der Waals surface area contributed by atoms with Gasteiger partial charge in [-0.25, -0.2) is 0 Å². The van der Waals surface area contributed by atoms with Crippen LogP contribution in [0, 0.1) is 0 Å². The molecular formula is C71H57BN2S. The molecule has 0 amide bonds. The van der Waals surface area contributed by atoms with Crippen molar-refractivity contribution in [3.8, 4) is 22.3 Å². The van der Waals surface area contributed by atoms with Crippen LogP contribution in [0.5, 0.6) is 0 Å². The number of nitrogens with zero attached hydrogens (tertiary/aromatic N) is 2. The number of hydrogen-bond acceptors (Lipinski definition) is 2. The van der Waals surface area contributed by atoms with E-state index in [0.717, 1.165) is 11.4 Å². The summed E-state index contributed by atoms with van der Waals surface area (Å²) in [5.74, 6) is -0.0712. The monoisotopic (exact) mass is 980 g/mol. The lowest BCUT2D eigenvalue weighted by atomic mass is 9.40. The third-order valence-corrected chi connectivity index (χ3v) is 18.9. The Morgan fingerprint density at radius 3 is 1.79 bits per heavy atom. The van der Waals surface area contributed by atoms with Gasteiger partial charge in [0, 0.05) is 60.1 Å². The highest BCUT2D eigenvalue weighted by molar-refractivity contribution is 7.26. The second-order valence-electron chi connectivity index (χ2n) is 23.6. The van der Waals surface area contributed by atoms with E-state index in [-0.39, 0.29) is 29.0 Å². The molecule has 4 heterocycles. The zero-order valence-corrected chi connectivity index (χ0v) is 44.5. The number of anilines is 3. The minimum absolute atomic E-state index is 0.0348. The number of benzene rings is 10. The molecular weight excluding hydrogens is 924 g/mol. The standard InChI is InChI=1S/C71H57BN2S/c1-69(2,3)45-35-36-49(52(40-45)43-23-11-8-12-24-43)62-54-41-57-58(71(6,7)56-33-21-20-32-55(56)70(57,4)5)42-59(54)72-66-53(39-44-25-17-18-30-48(44)63(62)66)50-37-38-60(73(46-26-13-9-14-27-46)47-28-15-10-16-29-47)65-64-51-31-19-22-34-61(51)75-68(64)74(72)67(50)65/h8-42,62H,1-7H3. The van der Waals surface area contributed by atoms with Crippen LogP contribution in [0.15, 0.2) is 212 Å². The Morgan fingerprint density at radius 2 is 1.11 bits per heavy atom. The second-order valence-corrected chi connectivity index (χ2v) is 24.6. The molecule has 0 saturated carbocycles. The van der Waals surface area contributed by atoms with Crippen molar-refractivity contribution < 1.29 is 0 Å². The quantitative estimate of drug-likeness (QED) is 0.156. The molecule has 2 nitrogen and oxygen atoms in total. The predicted molar refractivity (Wildman–Crippen MR) is 322 cm³/mol. The zero-order chi connectivity index (χ0) is 50.7. The summed E-state index contributed by atoms with van der Waals surface area (Å²) in [5, 5.41) is 6.55. The summed E-state index contributed by atoms with van der Waals surface area (Å²) in [7, 11) is 0. The molecule has 1 atom stereocenters. The summed E-state index contributed by atoms with van der Waals surface area (Å²) >= 11 is 1.96. The number of fused-ring (bicyclic) bond motifs is 13. The topological polar surface area (TPSA) is 8.17 Å². The molecule has 0 fully saturated rings. The van der Waals surface area contributed by atoms with Gasteiger partial charge in [0.15, 0.2) is 0 Å². The summed E-state index contributed by atoms with van der Waals surface area (Å²) in [4.78, 5) is 3.81. The van der Waals surface area contributed by atoms with Gasteiger partial charge in [-0.15, -0.1) is 11.3 Å². The Balaban J connectivity index is 1.14. The first-order chi connectivity index (χ1) is 36.4. The van der Waals surface area contributed by atoms with Gasteiger partial charge in [-0.3, -0.25) is 0 Å². The van der Waals surface area contributed by atoms with E-state index in [1.54, 1.807) is 0 Å². The van der Waals surface area contributed by atoms with E-state index < -0.39 is 0 Å². The molecule has 1 unspecified atom stereocenters. The van der Waals surface area contributed by atoms with Gasteiger partial charge < -0.3 is 9.38 Å². The Labute approximate surface area is 444 Å². The molecule has 360 valence electrons. The average Bonchev–Trinajstić information content (AvgIpc) is 4.10. The molecule has 75 heavy (non-hydrogen) atoms. The van der Waals surface area contributed by atoms with E-state index in [9.17, 15) is 0 Å². The minimum atomic E-state index is -0.243. The number of hydrogen-bond donors (Lipinski definition) is 0. The first-order valence-electron chi connectivity index (χ1n) is 26.8. The number of aromatic nitrogens is 1. The highest BCUT2D eigenvalue weighted by Gasteiger charge is 2.49. The second kappa shape index (κ2) is 15.8. The van der Waals surface area contributed by atoms with E-state index in [1.807, 2.05) is 11.3 Å². The molecule has 10 aromatic carbocycles. The van der Waals surface area contributed by atoms with Gasteiger partial charge in [0.05, 0.1) is 10.5 Å². The van der Waals surface area contributed by atoms with Crippen molar-refractivity contribution in [2.24, 2.45) is 0 Å². The SMILES string of the molecule is CC(C)(C)c1ccc(C2c3cc4c(cc3B3c5c(cc6ccccc6c52)-c2ccc(N(c5ccccc5)c5ccccc5)c5c6c7ccccc7sc6n3c25)C(C)(C)c2ccccc2C4(C)C)c(-c2ccccc2)c1. The molecule has 2 aromatic heterocycles. The van der Waals surface area contributed by atoms with Crippen LogP contribution in [0.3, 0.4) is 0 Å². The van der Waals surface area contributed by atoms with E-state index in [2.05, 4.69) is 270 Å². The van der Waals surface area contributed by atoms with E-state index in [0.29, 0.717) is 0 Å². The molecule has 0 radical (unpaired) electrons. The first-order valence-corrected chi connectivity index (χ1v) is 27.6. The van der Waals surface area contributed by atoms with Gasteiger partial charge in [-0.1, -0.05) is 218 Å². The van der Waals surface area contributed by atoms with Crippen molar-refractivity contribution in [1.82, 2.24) is 4.48 Å². The minimum Gasteiger partial charge on any atom is -0.367 e. The summed E-state index contributed by atoms with van der Waals surface area (Å²) in [6, 6.07) is 81.2. The van der Waals surface area contributed by atoms with Crippen LogP contribution in [-0.2, 0) is 16.2 Å². The van der Waals surface area contributed by atoms with Gasteiger partial charge in [0.2, 0.25) is 0 Å². The first kappa shape index (κ1) is 44.6. The molecule has 0 saturated heterocycles. The van der Waals surface area contributed by atoms with Crippen molar-refractivity contribution in [1.29, 1.82) is 0 Å². The largest absolute Gasteiger partial charge is 0.367 e. The summed E-state index contributed by atoms with van der Waals surface area (Å²) in [6.45, 7) is 16.8. The Bertz CT molecular complexity index is 4300. The van der Waals surface area contributed by atoms with E-state index in [1.165, 1.54) is 125 Å². The maximum absolute atomic E-state index is 2.83. The third kappa shape index (κ3) is 6.21. The fourth-order valence-electron chi connectivity index (χ4n) is 14.1. The van der Waals surface area contributed by atoms with Crippen LogP contribution in [0.25, 0.3) is 64.2 Å². The van der Waals surface area contributed by atoms with Gasteiger partial charge in [-0.05, 0) is 131 Å². The molecule has 4 heteroatoms. The number of thiophene rings is 1.